The van der Waals surface area contributed by atoms with Crippen LogP contribution in [0.3, 0.4) is 0 Å². The lowest BCUT2D eigenvalue weighted by Crippen LogP contribution is -2.37. The monoisotopic (exact) mass is 360 g/mol. The Balaban J connectivity index is 2.46. The van der Waals surface area contributed by atoms with E-state index in [1.54, 1.807) is 27.8 Å². The molecule has 2 amide bonds. The number of rotatable bonds is 6. The van der Waals surface area contributed by atoms with Gasteiger partial charge >= 0.3 is 6.36 Å². The molecular formula is C17H23F3N2O3. The van der Waals surface area contributed by atoms with E-state index >= 15 is 0 Å². The van der Waals surface area contributed by atoms with Crippen molar-refractivity contribution >= 4 is 11.8 Å². The zero-order chi connectivity index (χ0) is 19.3. The molecule has 1 N–H and O–H groups in total. The lowest BCUT2D eigenvalue weighted by atomic mass is 9.96. The van der Waals surface area contributed by atoms with Gasteiger partial charge in [-0.05, 0) is 17.7 Å². The Morgan fingerprint density at radius 3 is 2.16 bits per heavy atom. The van der Waals surface area contributed by atoms with Crippen LogP contribution in [0.5, 0.6) is 5.75 Å². The highest BCUT2D eigenvalue weighted by Gasteiger charge is 2.31. The minimum Gasteiger partial charge on any atom is -0.406 e. The van der Waals surface area contributed by atoms with Gasteiger partial charge in [0.2, 0.25) is 11.8 Å². The lowest BCUT2D eigenvalue weighted by molar-refractivity contribution is -0.274. The molecule has 0 saturated carbocycles. The molecule has 0 heterocycles. The second-order valence-corrected chi connectivity index (χ2v) is 6.70. The maximum Gasteiger partial charge on any atom is 0.573 e. The number of carbonyl (C=O) groups excluding carboxylic acids is 2. The zero-order valence-electron chi connectivity index (χ0n) is 14.7. The Hall–Kier alpha value is -2.25. The second kappa shape index (κ2) is 8.22. The highest BCUT2D eigenvalue weighted by atomic mass is 19.4. The van der Waals surface area contributed by atoms with Crippen LogP contribution in [0, 0.1) is 5.41 Å². The van der Waals surface area contributed by atoms with Crippen molar-refractivity contribution in [3.05, 3.63) is 29.8 Å². The summed E-state index contributed by atoms with van der Waals surface area (Å²) in [6.45, 7) is 5.82. The summed E-state index contributed by atoms with van der Waals surface area (Å²) in [5.74, 6) is -0.622. The van der Waals surface area contributed by atoms with E-state index in [4.69, 9.17) is 0 Å². The molecule has 0 fully saturated rings. The summed E-state index contributed by atoms with van der Waals surface area (Å²) in [5, 5.41) is 2.69. The molecule has 5 nitrogen and oxygen atoms in total. The maximum atomic E-state index is 12.1. The van der Waals surface area contributed by atoms with Gasteiger partial charge in [0, 0.05) is 32.0 Å². The molecule has 0 radical (unpaired) electrons. The van der Waals surface area contributed by atoms with Gasteiger partial charge in [0.1, 0.15) is 5.75 Å². The fourth-order valence-electron chi connectivity index (χ4n) is 1.90. The van der Waals surface area contributed by atoms with Gasteiger partial charge in [-0.2, -0.15) is 0 Å². The van der Waals surface area contributed by atoms with Crippen molar-refractivity contribution in [1.29, 1.82) is 0 Å². The third-order valence-corrected chi connectivity index (χ3v) is 3.31. The average molecular weight is 360 g/mol. The van der Waals surface area contributed by atoms with E-state index in [0.717, 1.165) is 0 Å². The Labute approximate surface area is 145 Å². The normalized spacial score (nSPS) is 11.8. The number of amides is 2. The highest BCUT2D eigenvalue weighted by molar-refractivity contribution is 5.82. The Morgan fingerprint density at radius 1 is 1.12 bits per heavy atom. The van der Waals surface area contributed by atoms with E-state index < -0.39 is 11.8 Å². The molecule has 0 saturated heterocycles. The number of ether oxygens (including phenoxy) is 1. The maximum absolute atomic E-state index is 12.1. The van der Waals surface area contributed by atoms with Gasteiger partial charge in [-0.15, -0.1) is 13.2 Å². The zero-order valence-corrected chi connectivity index (χ0v) is 14.7. The van der Waals surface area contributed by atoms with Crippen molar-refractivity contribution in [1.82, 2.24) is 10.2 Å². The van der Waals surface area contributed by atoms with Crippen LogP contribution >= 0.6 is 0 Å². The Morgan fingerprint density at radius 2 is 1.68 bits per heavy atom. The first-order chi connectivity index (χ1) is 11.4. The summed E-state index contributed by atoms with van der Waals surface area (Å²) in [4.78, 5) is 25.2. The number of nitrogens with zero attached hydrogens (tertiary/aromatic N) is 1. The molecule has 25 heavy (non-hydrogen) atoms. The third kappa shape index (κ3) is 7.91. The molecule has 8 heteroatoms. The summed E-state index contributed by atoms with van der Waals surface area (Å²) >= 11 is 0. The van der Waals surface area contributed by atoms with E-state index in [9.17, 15) is 22.8 Å². The van der Waals surface area contributed by atoms with Crippen LogP contribution in [0.2, 0.25) is 0 Å². The largest absolute Gasteiger partial charge is 0.573 e. The molecule has 0 spiro atoms. The molecule has 0 atom stereocenters. The molecule has 0 unspecified atom stereocenters. The van der Waals surface area contributed by atoms with Crippen molar-refractivity contribution in [3.8, 4) is 5.75 Å². The van der Waals surface area contributed by atoms with Gasteiger partial charge < -0.3 is 15.0 Å². The van der Waals surface area contributed by atoms with Gasteiger partial charge in [0.05, 0.1) is 0 Å². The van der Waals surface area contributed by atoms with Crippen molar-refractivity contribution in [2.24, 2.45) is 5.41 Å². The quantitative estimate of drug-likeness (QED) is 0.848. The van der Waals surface area contributed by atoms with Gasteiger partial charge in [-0.25, -0.2) is 0 Å². The Kier molecular flexibility index (Phi) is 6.84. The van der Waals surface area contributed by atoms with Crippen LogP contribution in [-0.4, -0.2) is 36.7 Å². The van der Waals surface area contributed by atoms with Crippen LogP contribution in [0.15, 0.2) is 24.3 Å². The first-order valence-electron chi connectivity index (χ1n) is 7.75. The number of hydrogen-bond donors (Lipinski definition) is 1. The van der Waals surface area contributed by atoms with Crippen LogP contribution in [0.25, 0.3) is 0 Å². The molecule has 0 aliphatic carbocycles. The smallest absolute Gasteiger partial charge is 0.406 e. The van der Waals surface area contributed by atoms with Crippen molar-refractivity contribution < 1.29 is 27.5 Å². The number of hydrogen-bond acceptors (Lipinski definition) is 3. The van der Waals surface area contributed by atoms with E-state index in [0.29, 0.717) is 5.56 Å². The number of carbonyl (C=O) groups is 2. The molecular weight excluding hydrogens is 337 g/mol. The molecule has 0 bridgehead atoms. The molecule has 140 valence electrons. The van der Waals surface area contributed by atoms with Crippen LogP contribution in [0.4, 0.5) is 13.2 Å². The Bertz CT molecular complexity index is 593. The molecule has 0 aromatic heterocycles. The lowest BCUT2D eigenvalue weighted by Gasteiger charge is -2.20. The van der Waals surface area contributed by atoms with E-state index in [1.165, 1.54) is 29.2 Å². The topological polar surface area (TPSA) is 58.6 Å². The predicted octanol–water partition coefficient (Wildman–Crippen LogP) is 3.10. The van der Waals surface area contributed by atoms with Crippen molar-refractivity contribution in [2.45, 2.75) is 40.1 Å². The summed E-state index contributed by atoms with van der Waals surface area (Å²) in [5.41, 5.74) is 0.152. The number of halogens is 3. The summed E-state index contributed by atoms with van der Waals surface area (Å²) in [7, 11) is 1.59. The van der Waals surface area contributed by atoms with Crippen molar-refractivity contribution in [3.63, 3.8) is 0 Å². The second-order valence-electron chi connectivity index (χ2n) is 6.70. The molecule has 1 rings (SSSR count). The van der Waals surface area contributed by atoms with E-state index in [-0.39, 0.29) is 37.1 Å². The summed E-state index contributed by atoms with van der Waals surface area (Å²) in [6, 6.07) is 5.33. The van der Waals surface area contributed by atoms with Crippen LogP contribution in [0.1, 0.15) is 32.8 Å². The average Bonchev–Trinajstić information content (AvgIpc) is 2.46. The molecule has 1 aromatic rings. The van der Waals surface area contributed by atoms with Gasteiger partial charge in [0.15, 0.2) is 0 Å². The van der Waals surface area contributed by atoms with Crippen LogP contribution < -0.4 is 10.1 Å². The third-order valence-electron chi connectivity index (χ3n) is 3.31. The minimum atomic E-state index is -4.73. The first-order valence-corrected chi connectivity index (χ1v) is 7.75. The fraction of sp³-hybridized carbons (Fsp3) is 0.529. The fourth-order valence-corrected chi connectivity index (χ4v) is 1.90. The van der Waals surface area contributed by atoms with Crippen molar-refractivity contribution in [2.75, 3.05) is 13.6 Å². The number of nitrogens with one attached hydrogen (secondary N) is 1. The predicted molar refractivity (Wildman–Crippen MR) is 86.7 cm³/mol. The number of benzene rings is 1. The molecule has 0 aliphatic rings. The summed E-state index contributed by atoms with van der Waals surface area (Å²) in [6.07, 6.45) is -4.58. The standard InChI is InChI=1S/C17H23F3N2O3/c1-16(2,3)15(24)21-10-9-14(23)22(4)11-12-5-7-13(8-6-12)25-17(18,19)20/h5-8H,9-11H2,1-4H3,(H,21,24). The minimum absolute atomic E-state index is 0.136. The summed E-state index contributed by atoms with van der Waals surface area (Å²) < 4.78 is 40.1. The molecule has 1 aromatic carbocycles. The van der Waals surface area contributed by atoms with Gasteiger partial charge in [0.25, 0.3) is 0 Å². The molecule has 0 aliphatic heterocycles. The highest BCUT2D eigenvalue weighted by Crippen LogP contribution is 2.23. The van der Waals surface area contributed by atoms with E-state index in [2.05, 4.69) is 10.1 Å². The van der Waals surface area contributed by atoms with Crippen LogP contribution in [-0.2, 0) is 16.1 Å². The van der Waals surface area contributed by atoms with Gasteiger partial charge in [-0.3, -0.25) is 9.59 Å². The number of alkyl halides is 3. The SMILES string of the molecule is CN(Cc1ccc(OC(F)(F)F)cc1)C(=O)CCNC(=O)C(C)(C)C. The first kappa shape index (κ1) is 20.8. The van der Waals surface area contributed by atoms with Gasteiger partial charge in [-0.1, -0.05) is 32.9 Å². The van der Waals surface area contributed by atoms with E-state index in [1.807, 2.05) is 0 Å².